The Labute approximate surface area is 122 Å². The average molecular weight is 294 g/mol. The maximum absolute atomic E-state index is 6.23. The van der Waals surface area contributed by atoms with Gasteiger partial charge in [0.2, 0.25) is 5.95 Å². The Kier molecular flexibility index (Phi) is 3.33. The minimum absolute atomic E-state index is 0.676. The molecule has 1 aromatic carbocycles. The minimum Gasteiger partial charge on any atom is -0.336 e. The van der Waals surface area contributed by atoms with Gasteiger partial charge in [-0.05, 0) is 42.2 Å². The highest BCUT2D eigenvalue weighted by Gasteiger charge is 2.20. The van der Waals surface area contributed by atoms with Gasteiger partial charge in [0.05, 0.1) is 0 Å². The Bertz CT molecular complexity index is 611. The van der Waals surface area contributed by atoms with E-state index in [1.807, 2.05) is 25.4 Å². The number of aryl methyl sites for hydroxylation is 1. The summed E-state index contributed by atoms with van der Waals surface area (Å²) in [5, 5.41) is 1.43. The number of fused-ring (bicyclic) bond motifs is 1. The van der Waals surface area contributed by atoms with E-state index in [0.717, 1.165) is 41.6 Å². The second-order valence-corrected chi connectivity index (χ2v) is 5.60. The van der Waals surface area contributed by atoms with Crippen LogP contribution in [0.5, 0.6) is 0 Å². The molecule has 1 aliphatic rings. The molecule has 0 amide bonds. The lowest BCUT2D eigenvalue weighted by molar-refractivity contribution is 0.707. The van der Waals surface area contributed by atoms with Crippen LogP contribution in [0.4, 0.5) is 5.95 Å². The van der Waals surface area contributed by atoms with E-state index in [0.29, 0.717) is 5.02 Å². The maximum atomic E-state index is 6.23. The first-order valence-electron chi connectivity index (χ1n) is 6.14. The molecule has 2 heterocycles. The van der Waals surface area contributed by atoms with Gasteiger partial charge < -0.3 is 4.90 Å². The Balaban J connectivity index is 1.91. The van der Waals surface area contributed by atoms with E-state index in [-0.39, 0.29) is 0 Å². The number of hydrogen-bond donors (Lipinski definition) is 0. The van der Waals surface area contributed by atoms with E-state index in [2.05, 4.69) is 14.9 Å². The number of nitrogens with zero attached hydrogens (tertiary/aromatic N) is 3. The van der Waals surface area contributed by atoms with E-state index >= 15 is 0 Å². The molecule has 19 heavy (non-hydrogen) atoms. The smallest absolute Gasteiger partial charge is 0.225 e. The van der Waals surface area contributed by atoms with Crippen LogP contribution >= 0.6 is 23.2 Å². The Hall–Kier alpha value is -1.32. The molecule has 0 aliphatic carbocycles. The van der Waals surface area contributed by atoms with Gasteiger partial charge in [0, 0.05) is 35.5 Å². The number of anilines is 1. The molecule has 0 unspecified atom stereocenters. The molecule has 0 spiro atoms. The van der Waals surface area contributed by atoms with Crippen molar-refractivity contribution in [1.29, 1.82) is 0 Å². The molecule has 5 heteroatoms. The molecular formula is C14H13Cl2N3. The van der Waals surface area contributed by atoms with Crippen LogP contribution in [0, 0.1) is 6.92 Å². The summed E-state index contributed by atoms with van der Waals surface area (Å²) in [5.74, 6) is 0.757. The molecule has 0 N–H and O–H groups in total. The first-order chi connectivity index (χ1) is 9.13. The van der Waals surface area contributed by atoms with E-state index in [9.17, 15) is 0 Å². The fourth-order valence-corrected chi connectivity index (χ4v) is 2.96. The molecule has 0 atom stereocenters. The van der Waals surface area contributed by atoms with Crippen LogP contribution in [-0.2, 0) is 13.0 Å². The van der Waals surface area contributed by atoms with Gasteiger partial charge in [-0.3, -0.25) is 0 Å². The molecule has 0 saturated heterocycles. The fourth-order valence-electron chi connectivity index (χ4n) is 2.33. The van der Waals surface area contributed by atoms with Crippen LogP contribution in [0.3, 0.4) is 0 Å². The first kappa shape index (κ1) is 12.7. The Morgan fingerprint density at radius 3 is 2.63 bits per heavy atom. The van der Waals surface area contributed by atoms with Gasteiger partial charge in [-0.15, -0.1) is 0 Å². The number of benzene rings is 1. The third kappa shape index (κ3) is 2.53. The van der Waals surface area contributed by atoms with Crippen molar-refractivity contribution in [1.82, 2.24) is 9.97 Å². The number of rotatable bonds is 1. The van der Waals surface area contributed by atoms with E-state index in [1.165, 1.54) is 5.56 Å². The zero-order valence-electron chi connectivity index (χ0n) is 10.5. The molecule has 1 aromatic heterocycles. The van der Waals surface area contributed by atoms with Crippen molar-refractivity contribution in [3.63, 3.8) is 0 Å². The quantitative estimate of drug-likeness (QED) is 0.804. The van der Waals surface area contributed by atoms with E-state index in [1.54, 1.807) is 6.07 Å². The molecule has 0 bridgehead atoms. The van der Waals surface area contributed by atoms with Crippen LogP contribution in [0.1, 0.15) is 16.7 Å². The van der Waals surface area contributed by atoms with Crippen molar-refractivity contribution in [3.05, 3.63) is 51.3 Å². The van der Waals surface area contributed by atoms with E-state index < -0.39 is 0 Å². The van der Waals surface area contributed by atoms with Gasteiger partial charge in [-0.1, -0.05) is 23.2 Å². The topological polar surface area (TPSA) is 29.0 Å². The predicted octanol–water partition coefficient (Wildman–Crippen LogP) is 3.65. The van der Waals surface area contributed by atoms with Crippen LogP contribution in [-0.4, -0.2) is 16.5 Å². The van der Waals surface area contributed by atoms with Crippen LogP contribution in [0.2, 0.25) is 10.0 Å². The minimum atomic E-state index is 0.676. The van der Waals surface area contributed by atoms with Gasteiger partial charge >= 0.3 is 0 Å². The Morgan fingerprint density at radius 1 is 1.16 bits per heavy atom. The second kappa shape index (κ2) is 4.99. The average Bonchev–Trinajstić information content (AvgIpc) is 2.38. The summed E-state index contributed by atoms with van der Waals surface area (Å²) >= 11 is 12.3. The van der Waals surface area contributed by atoms with Gasteiger partial charge in [-0.25, -0.2) is 9.97 Å². The molecule has 0 saturated carbocycles. The molecule has 0 fully saturated rings. The monoisotopic (exact) mass is 293 g/mol. The lowest BCUT2D eigenvalue weighted by atomic mass is 10.00. The summed E-state index contributed by atoms with van der Waals surface area (Å²) < 4.78 is 0. The summed E-state index contributed by atoms with van der Waals surface area (Å²) in [6.45, 7) is 3.60. The molecular weight excluding hydrogens is 281 g/mol. The lowest BCUT2D eigenvalue weighted by Gasteiger charge is -2.29. The summed E-state index contributed by atoms with van der Waals surface area (Å²) in [6.07, 6.45) is 4.56. The maximum Gasteiger partial charge on any atom is 0.225 e. The highest BCUT2D eigenvalue weighted by atomic mass is 35.5. The standard InChI is InChI=1S/C14H13Cl2N3/c1-9-6-17-14(18-7-9)19-3-2-12-10(8-19)4-11(15)5-13(12)16/h4-7H,2-3,8H2,1H3. The lowest BCUT2D eigenvalue weighted by Crippen LogP contribution is -2.31. The van der Waals surface area contributed by atoms with Gasteiger partial charge in [-0.2, -0.15) is 0 Å². The van der Waals surface area contributed by atoms with Crippen molar-refractivity contribution in [3.8, 4) is 0 Å². The molecule has 3 nitrogen and oxygen atoms in total. The zero-order valence-corrected chi connectivity index (χ0v) is 12.0. The second-order valence-electron chi connectivity index (χ2n) is 4.76. The summed E-state index contributed by atoms with van der Waals surface area (Å²) in [5.41, 5.74) is 3.41. The van der Waals surface area contributed by atoms with Crippen molar-refractivity contribution >= 4 is 29.2 Å². The molecule has 3 rings (SSSR count). The SMILES string of the molecule is Cc1cnc(N2CCc3c(Cl)cc(Cl)cc3C2)nc1. The van der Waals surface area contributed by atoms with E-state index in [4.69, 9.17) is 23.2 Å². The third-order valence-electron chi connectivity index (χ3n) is 3.30. The normalized spacial score (nSPS) is 14.4. The van der Waals surface area contributed by atoms with Gasteiger partial charge in [0.25, 0.3) is 0 Å². The fraction of sp³-hybridized carbons (Fsp3) is 0.286. The zero-order chi connectivity index (χ0) is 13.4. The number of hydrogen-bond acceptors (Lipinski definition) is 3. The van der Waals surface area contributed by atoms with Crippen molar-refractivity contribution in [2.45, 2.75) is 19.9 Å². The third-order valence-corrected chi connectivity index (χ3v) is 3.85. The Morgan fingerprint density at radius 2 is 1.89 bits per heavy atom. The predicted molar refractivity (Wildman–Crippen MR) is 78.0 cm³/mol. The molecule has 98 valence electrons. The van der Waals surface area contributed by atoms with Crippen molar-refractivity contribution in [2.75, 3.05) is 11.4 Å². The van der Waals surface area contributed by atoms with Gasteiger partial charge in [0.1, 0.15) is 0 Å². The number of aromatic nitrogens is 2. The molecule has 2 aromatic rings. The highest BCUT2D eigenvalue weighted by Crippen LogP contribution is 2.30. The largest absolute Gasteiger partial charge is 0.336 e. The summed E-state index contributed by atoms with van der Waals surface area (Å²) in [6, 6.07) is 3.78. The highest BCUT2D eigenvalue weighted by molar-refractivity contribution is 6.35. The summed E-state index contributed by atoms with van der Waals surface area (Å²) in [4.78, 5) is 10.9. The van der Waals surface area contributed by atoms with Crippen LogP contribution in [0.25, 0.3) is 0 Å². The number of halogens is 2. The molecule has 1 aliphatic heterocycles. The van der Waals surface area contributed by atoms with Crippen LogP contribution in [0.15, 0.2) is 24.5 Å². The first-order valence-corrected chi connectivity index (χ1v) is 6.89. The van der Waals surface area contributed by atoms with Gasteiger partial charge in [0.15, 0.2) is 0 Å². The summed E-state index contributed by atoms with van der Waals surface area (Å²) in [7, 11) is 0. The van der Waals surface area contributed by atoms with Crippen molar-refractivity contribution < 1.29 is 0 Å². The van der Waals surface area contributed by atoms with Crippen molar-refractivity contribution in [2.24, 2.45) is 0 Å². The molecule has 0 radical (unpaired) electrons. The van der Waals surface area contributed by atoms with Crippen LogP contribution < -0.4 is 4.90 Å².